The lowest BCUT2D eigenvalue weighted by molar-refractivity contribution is 0.323. The van der Waals surface area contributed by atoms with Gasteiger partial charge in [0.05, 0.1) is 27.1 Å². The van der Waals surface area contributed by atoms with Crippen LogP contribution in [0, 0.1) is 0 Å². The summed E-state index contributed by atoms with van der Waals surface area (Å²) < 4.78 is 41.3. The standard InChI is InChI=1S/C17H30N4O5S/c1-6-27(22,23)21-9-7-8-19-17(18-2)20-12-13-10-14(24-3)16(26-5)15(11-13)25-4/h10-11,21H,6-9,12H2,1-5H3,(H2,18,19,20). The number of guanidine groups is 1. The molecule has 0 saturated carbocycles. The van der Waals surface area contributed by atoms with Crippen molar-refractivity contribution >= 4 is 16.0 Å². The molecule has 1 rings (SSSR count). The van der Waals surface area contributed by atoms with Gasteiger partial charge in [0.25, 0.3) is 0 Å². The molecular weight excluding hydrogens is 372 g/mol. The molecule has 0 spiro atoms. The molecule has 0 aliphatic heterocycles. The van der Waals surface area contributed by atoms with E-state index in [0.29, 0.717) is 49.3 Å². The van der Waals surface area contributed by atoms with Crippen LogP contribution in [0.25, 0.3) is 0 Å². The number of hydrogen-bond donors (Lipinski definition) is 3. The highest BCUT2D eigenvalue weighted by Crippen LogP contribution is 2.38. The number of ether oxygens (including phenoxy) is 3. The second-order valence-electron chi connectivity index (χ2n) is 5.54. The number of benzene rings is 1. The van der Waals surface area contributed by atoms with Gasteiger partial charge in [-0.05, 0) is 31.0 Å². The second-order valence-corrected chi connectivity index (χ2v) is 7.63. The SMILES string of the molecule is CCS(=O)(=O)NCCCNC(=NC)NCc1cc(OC)c(OC)c(OC)c1. The van der Waals surface area contributed by atoms with Gasteiger partial charge in [0.2, 0.25) is 15.8 Å². The number of nitrogens with one attached hydrogen (secondary N) is 3. The number of hydrogen-bond acceptors (Lipinski definition) is 6. The summed E-state index contributed by atoms with van der Waals surface area (Å²) in [7, 11) is 3.22. The molecule has 27 heavy (non-hydrogen) atoms. The highest BCUT2D eigenvalue weighted by Gasteiger charge is 2.13. The number of sulfonamides is 1. The second kappa shape index (κ2) is 11.5. The Morgan fingerprint density at radius 1 is 1.04 bits per heavy atom. The van der Waals surface area contributed by atoms with Gasteiger partial charge in [-0.3, -0.25) is 4.99 Å². The zero-order chi connectivity index (χ0) is 20.3. The van der Waals surface area contributed by atoms with Gasteiger partial charge >= 0.3 is 0 Å². The Balaban J connectivity index is 2.55. The molecule has 0 heterocycles. The summed E-state index contributed by atoms with van der Waals surface area (Å²) in [4.78, 5) is 4.15. The third-order valence-electron chi connectivity index (χ3n) is 3.76. The molecule has 0 fully saturated rings. The fraction of sp³-hybridized carbons (Fsp3) is 0.588. The van der Waals surface area contributed by atoms with E-state index in [1.165, 1.54) is 0 Å². The molecule has 9 nitrogen and oxygen atoms in total. The first-order valence-corrected chi connectivity index (χ1v) is 10.3. The lowest BCUT2D eigenvalue weighted by Crippen LogP contribution is -2.38. The topological polar surface area (TPSA) is 110 Å². The fourth-order valence-corrected chi connectivity index (χ4v) is 2.93. The molecule has 0 amide bonds. The molecule has 1 aromatic carbocycles. The maximum absolute atomic E-state index is 11.4. The van der Waals surface area contributed by atoms with Crippen LogP contribution >= 0.6 is 0 Å². The normalized spacial score (nSPS) is 11.8. The molecule has 154 valence electrons. The summed E-state index contributed by atoms with van der Waals surface area (Å²) in [6, 6.07) is 3.72. The molecule has 0 atom stereocenters. The lowest BCUT2D eigenvalue weighted by atomic mass is 10.2. The molecule has 0 unspecified atom stereocenters. The predicted molar refractivity (Wildman–Crippen MR) is 106 cm³/mol. The van der Waals surface area contributed by atoms with Crippen LogP contribution in [0.1, 0.15) is 18.9 Å². The zero-order valence-electron chi connectivity index (χ0n) is 16.6. The Morgan fingerprint density at radius 2 is 1.67 bits per heavy atom. The number of aliphatic imine (C=N–C) groups is 1. The molecule has 0 aliphatic rings. The van der Waals surface area contributed by atoms with Crippen LogP contribution in [0.2, 0.25) is 0 Å². The Kier molecular flexibility index (Phi) is 9.73. The van der Waals surface area contributed by atoms with Crippen LogP contribution in [0.15, 0.2) is 17.1 Å². The fourth-order valence-electron chi connectivity index (χ4n) is 2.27. The van der Waals surface area contributed by atoms with Gasteiger partial charge in [0.1, 0.15) is 0 Å². The lowest BCUT2D eigenvalue weighted by Gasteiger charge is -2.16. The van der Waals surface area contributed by atoms with E-state index >= 15 is 0 Å². The van der Waals surface area contributed by atoms with Crippen molar-refractivity contribution < 1.29 is 22.6 Å². The van der Waals surface area contributed by atoms with Crippen molar-refractivity contribution in [1.29, 1.82) is 0 Å². The third kappa shape index (κ3) is 7.51. The minimum atomic E-state index is -3.15. The minimum Gasteiger partial charge on any atom is -0.493 e. The Morgan fingerprint density at radius 3 is 2.15 bits per heavy atom. The molecule has 3 N–H and O–H groups in total. The first kappa shape index (κ1) is 22.8. The first-order valence-electron chi connectivity index (χ1n) is 8.61. The van der Waals surface area contributed by atoms with Crippen molar-refractivity contribution in [2.24, 2.45) is 4.99 Å². The highest BCUT2D eigenvalue weighted by atomic mass is 32.2. The van der Waals surface area contributed by atoms with E-state index in [1.54, 1.807) is 35.3 Å². The van der Waals surface area contributed by atoms with Gasteiger partial charge in [-0.15, -0.1) is 0 Å². The molecule has 0 aliphatic carbocycles. The molecule has 0 bridgehead atoms. The van der Waals surface area contributed by atoms with Crippen LogP contribution < -0.4 is 29.6 Å². The summed E-state index contributed by atoms with van der Waals surface area (Å²) in [5.41, 5.74) is 0.933. The molecule has 0 saturated heterocycles. The summed E-state index contributed by atoms with van der Waals surface area (Å²) >= 11 is 0. The smallest absolute Gasteiger partial charge is 0.211 e. The number of methoxy groups -OCH3 is 3. The average Bonchev–Trinajstić information content (AvgIpc) is 2.68. The van der Waals surface area contributed by atoms with Crippen molar-refractivity contribution in [3.63, 3.8) is 0 Å². The summed E-state index contributed by atoms with van der Waals surface area (Å²) in [5.74, 6) is 2.40. The van der Waals surface area contributed by atoms with Gasteiger partial charge < -0.3 is 24.8 Å². The van der Waals surface area contributed by atoms with E-state index in [9.17, 15) is 8.42 Å². The molecule has 10 heteroatoms. The van der Waals surface area contributed by atoms with Gasteiger partial charge in [-0.25, -0.2) is 13.1 Å². The average molecular weight is 403 g/mol. The minimum absolute atomic E-state index is 0.0818. The molecule has 1 aromatic rings. The highest BCUT2D eigenvalue weighted by molar-refractivity contribution is 7.89. The zero-order valence-corrected chi connectivity index (χ0v) is 17.4. The molecule has 0 aromatic heterocycles. The predicted octanol–water partition coefficient (Wildman–Crippen LogP) is 0.707. The van der Waals surface area contributed by atoms with Crippen molar-refractivity contribution in [3.8, 4) is 17.2 Å². The van der Waals surface area contributed by atoms with Crippen molar-refractivity contribution in [1.82, 2.24) is 15.4 Å². The van der Waals surface area contributed by atoms with Crippen molar-refractivity contribution in [2.75, 3.05) is 47.2 Å². The van der Waals surface area contributed by atoms with Gasteiger partial charge in [0, 0.05) is 26.7 Å². The van der Waals surface area contributed by atoms with Gasteiger partial charge in [-0.1, -0.05) is 0 Å². The Hall–Kier alpha value is -2.20. The third-order valence-corrected chi connectivity index (χ3v) is 5.16. The van der Waals surface area contributed by atoms with E-state index in [1.807, 2.05) is 12.1 Å². The van der Waals surface area contributed by atoms with E-state index in [0.717, 1.165) is 5.56 Å². The molecule has 0 radical (unpaired) electrons. The van der Waals surface area contributed by atoms with E-state index in [4.69, 9.17) is 14.2 Å². The maximum Gasteiger partial charge on any atom is 0.211 e. The van der Waals surface area contributed by atoms with Crippen LogP contribution in [0.4, 0.5) is 0 Å². The Bertz CT molecular complexity index is 697. The van der Waals surface area contributed by atoms with Crippen molar-refractivity contribution in [3.05, 3.63) is 17.7 Å². The Labute approximate surface area is 161 Å². The van der Waals surface area contributed by atoms with Gasteiger partial charge in [-0.2, -0.15) is 0 Å². The van der Waals surface area contributed by atoms with Crippen molar-refractivity contribution in [2.45, 2.75) is 19.9 Å². The monoisotopic (exact) mass is 402 g/mol. The summed E-state index contributed by atoms with van der Waals surface area (Å²) in [6.45, 7) is 3.07. The van der Waals surface area contributed by atoms with E-state index in [-0.39, 0.29) is 5.75 Å². The van der Waals surface area contributed by atoms with Crippen LogP contribution in [-0.2, 0) is 16.6 Å². The van der Waals surface area contributed by atoms with E-state index < -0.39 is 10.0 Å². The largest absolute Gasteiger partial charge is 0.493 e. The quantitative estimate of drug-likeness (QED) is 0.284. The van der Waals surface area contributed by atoms with Crippen LogP contribution in [-0.4, -0.2) is 61.6 Å². The first-order chi connectivity index (χ1) is 12.9. The van der Waals surface area contributed by atoms with E-state index in [2.05, 4.69) is 20.3 Å². The number of rotatable bonds is 11. The number of nitrogens with zero attached hydrogens (tertiary/aromatic N) is 1. The summed E-state index contributed by atoms with van der Waals surface area (Å²) in [5, 5.41) is 6.33. The van der Waals surface area contributed by atoms with Crippen LogP contribution in [0.3, 0.4) is 0 Å². The summed E-state index contributed by atoms with van der Waals surface area (Å²) in [6.07, 6.45) is 0.643. The maximum atomic E-state index is 11.4. The molecular formula is C17H30N4O5S. The van der Waals surface area contributed by atoms with Gasteiger partial charge in [0.15, 0.2) is 17.5 Å². The van der Waals surface area contributed by atoms with Crippen LogP contribution in [0.5, 0.6) is 17.2 Å².